The summed E-state index contributed by atoms with van der Waals surface area (Å²) in [6.07, 6.45) is 3.05. The highest BCUT2D eigenvalue weighted by molar-refractivity contribution is 8.00. The number of carboxylic acids is 1. The van der Waals surface area contributed by atoms with Crippen LogP contribution < -0.4 is 10.3 Å². The molecule has 0 aromatic carbocycles. The fourth-order valence-corrected chi connectivity index (χ4v) is 2.47. The number of carbonyl (C=O) groups excluding carboxylic acids is 1. The van der Waals surface area contributed by atoms with Gasteiger partial charge in [-0.1, -0.05) is 28.3 Å². The average Bonchev–Trinajstić information content (AvgIpc) is 2.60. The lowest BCUT2D eigenvalue weighted by molar-refractivity contribution is -0.604. The van der Waals surface area contributed by atoms with Crippen LogP contribution in [0.5, 0.6) is 0 Å². The topological polar surface area (TPSA) is 119 Å². The van der Waals surface area contributed by atoms with Gasteiger partial charge in [-0.25, -0.2) is 9.36 Å². The van der Waals surface area contributed by atoms with Gasteiger partial charge in [0.15, 0.2) is 6.44 Å². The van der Waals surface area contributed by atoms with Crippen molar-refractivity contribution in [2.75, 3.05) is 18.6 Å². The number of carbonyl (C=O) groups is 2. The Morgan fingerprint density at radius 1 is 1.57 bits per heavy atom. The Kier molecular flexibility index (Phi) is 4.89. The number of pyridine rings is 1. The molecule has 0 aliphatic carbocycles. The van der Waals surface area contributed by atoms with Crippen molar-refractivity contribution in [3.05, 3.63) is 35.1 Å². The Balaban J connectivity index is 2.48. The zero-order chi connectivity index (χ0) is 17.7. The Hall–Kier alpha value is -2.39. The van der Waals surface area contributed by atoms with Crippen LogP contribution in [0.15, 0.2) is 29.6 Å². The van der Waals surface area contributed by atoms with E-state index >= 15 is 0 Å². The molecule has 120 valence electrons. The fraction of sp³-hybridized carbons (Fsp3) is 0.154. The number of methoxy groups -OCH3 is 1. The number of hydrogen-bond donors (Lipinski definition) is 2. The zero-order valence-corrected chi connectivity index (χ0v) is 13.4. The molecule has 3 N–H and O–H groups in total. The summed E-state index contributed by atoms with van der Waals surface area (Å²) in [6, 6.07) is 3.16. The van der Waals surface area contributed by atoms with Crippen LogP contribution in [0.4, 0.5) is 5.82 Å². The summed E-state index contributed by atoms with van der Waals surface area (Å²) in [4.78, 5) is 30.6. The van der Waals surface area contributed by atoms with Crippen molar-refractivity contribution in [2.24, 2.45) is 0 Å². The standard InChI is InChI=1S/C13H11ClN4O4S/c1-22-12(21)7-3-2-4-18(5-7)13-16-10(15)9(14)11(17-13)23-6-8(19)20/h2-5H,6H2,1H3,(H2-,15,16,17,19,20)/p+1/i/hD. The van der Waals surface area contributed by atoms with E-state index in [2.05, 4.69) is 20.4 Å². The first-order valence-corrected chi connectivity index (χ1v) is 7.52. The van der Waals surface area contributed by atoms with Crippen molar-refractivity contribution in [1.82, 2.24) is 9.97 Å². The summed E-state index contributed by atoms with van der Waals surface area (Å²) < 4.78 is 13.4. The molecule has 0 atom stereocenters. The molecule has 0 amide bonds. The zero-order valence-electron chi connectivity index (χ0n) is 12.8. The van der Waals surface area contributed by atoms with Gasteiger partial charge in [0.1, 0.15) is 5.02 Å². The number of carboxylic acid groups (broad SMARTS) is 1. The second-order valence-corrected chi connectivity index (χ2v) is 5.51. The van der Waals surface area contributed by atoms with Gasteiger partial charge in [-0.3, -0.25) is 4.79 Å². The summed E-state index contributed by atoms with van der Waals surface area (Å²) >= 11 is 6.95. The van der Waals surface area contributed by atoms with Crippen LogP contribution >= 0.6 is 23.4 Å². The molecule has 2 aromatic rings. The number of nitrogen functional groups attached to an aromatic ring is 1. The van der Waals surface area contributed by atoms with Gasteiger partial charge in [0.05, 0.1) is 30.8 Å². The molecule has 0 spiro atoms. The van der Waals surface area contributed by atoms with Crippen LogP contribution in [0.3, 0.4) is 0 Å². The smallest absolute Gasteiger partial charge is 0.440 e. The van der Waals surface area contributed by atoms with Gasteiger partial charge in [0.2, 0.25) is 5.82 Å². The highest BCUT2D eigenvalue weighted by atomic mass is 35.5. The maximum atomic E-state index is 11.6. The minimum atomic E-state index is -1.03. The van der Waals surface area contributed by atoms with E-state index < -0.39 is 11.9 Å². The van der Waals surface area contributed by atoms with E-state index in [1.54, 1.807) is 18.3 Å². The van der Waals surface area contributed by atoms with Gasteiger partial charge in [0.25, 0.3) is 0 Å². The third-order valence-electron chi connectivity index (χ3n) is 2.59. The molecule has 0 radical (unpaired) electrons. The fourth-order valence-electron chi connectivity index (χ4n) is 1.59. The first-order chi connectivity index (χ1) is 11.5. The Labute approximate surface area is 141 Å². The van der Waals surface area contributed by atoms with E-state index in [-0.39, 0.29) is 33.1 Å². The van der Waals surface area contributed by atoms with Crippen molar-refractivity contribution < 1.29 is 25.4 Å². The second kappa shape index (κ2) is 7.25. The monoisotopic (exact) mass is 356 g/mol. The summed E-state index contributed by atoms with van der Waals surface area (Å²) in [5, 5.41) is 9.04. The number of rotatable bonds is 6. The number of nitrogens with two attached hydrogens (primary N) is 1. The second-order valence-electron chi connectivity index (χ2n) is 4.17. The van der Waals surface area contributed by atoms with Gasteiger partial charge in [-0.15, -0.1) is 0 Å². The lowest BCUT2D eigenvalue weighted by atomic mass is 10.3. The predicted molar refractivity (Wildman–Crippen MR) is 82.7 cm³/mol. The maximum absolute atomic E-state index is 11.6. The average molecular weight is 357 g/mol. The lowest BCUT2D eigenvalue weighted by Crippen LogP contribution is -2.34. The van der Waals surface area contributed by atoms with Gasteiger partial charge in [-0.05, 0) is 17.1 Å². The lowest BCUT2D eigenvalue weighted by Gasteiger charge is -2.03. The summed E-state index contributed by atoms with van der Waals surface area (Å²) in [6.45, 7) is 0. The largest absolute Gasteiger partial charge is 0.481 e. The highest BCUT2D eigenvalue weighted by Crippen LogP contribution is 2.28. The van der Waals surface area contributed by atoms with Crippen molar-refractivity contribution in [2.45, 2.75) is 5.03 Å². The summed E-state index contributed by atoms with van der Waals surface area (Å²) in [5.74, 6) is -1.67. The third kappa shape index (κ3) is 4.08. The number of anilines is 1. The van der Waals surface area contributed by atoms with Crippen molar-refractivity contribution in [1.29, 1.82) is 0 Å². The van der Waals surface area contributed by atoms with Crippen LogP contribution in [-0.2, 0) is 9.53 Å². The normalized spacial score (nSPS) is 10.8. The Morgan fingerprint density at radius 2 is 2.35 bits per heavy atom. The molecule has 0 aliphatic rings. The summed E-state index contributed by atoms with van der Waals surface area (Å²) in [7, 11) is 1.27. The molecule has 0 saturated heterocycles. The molecule has 2 aromatic heterocycles. The molecule has 2 heterocycles. The van der Waals surface area contributed by atoms with Crippen LogP contribution in [-0.4, -0.2) is 39.9 Å². The molecule has 0 fully saturated rings. The van der Waals surface area contributed by atoms with Crippen LogP contribution in [0.25, 0.3) is 5.95 Å². The molecule has 0 aliphatic heterocycles. The minimum absolute atomic E-state index is 0.0190. The number of nitrogens with zero attached hydrogens (tertiary/aromatic N) is 3. The van der Waals surface area contributed by atoms with Crippen LogP contribution in [0.2, 0.25) is 6.43 Å². The first kappa shape index (κ1) is 15.5. The van der Waals surface area contributed by atoms with E-state index in [1.807, 2.05) is 0 Å². The molecular formula is C13H12ClN4O4S+. The Bertz CT molecular complexity index is 793. The van der Waals surface area contributed by atoms with Gasteiger partial charge in [0, 0.05) is 0 Å². The molecule has 23 heavy (non-hydrogen) atoms. The first-order valence-electron chi connectivity index (χ1n) is 6.66. The SMILES string of the molecule is [2H]Nc1nc(-[n+]2cccc(C(=O)OC)c2)nc(SCC(=O)O)c1Cl. The minimum Gasteiger partial charge on any atom is -0.481 e. The quantitative estimate of drug-likeness (QED) is 0.340. The maximum Gasteiger partial charge on any atom is 0.440 e. The molecule has 8 nitrogen and oxygen atoms in total. The number of halogens is 1. The van der Waals surface area contributed by atoms with Crippen molar-refractivity contribution in [3.63, 3.8) is 0 Å². The molecular weight excluding hydrogens is 344 g/mol. The number of aromatic nitrogens is 3. The van der Waals surface area contributed by atoms with Crippen molar-refractivity contribution in [3.8, 4) is 5.95 Å². The predicted octanol–water partition coefficient (Wildman–Crippen LogP) is 0.952. The van der Waals surface area contributed by atoms with Crippen molar-refractivity contribution >= 4 is 41.1 Å². The van der Waals surface area contributed by atoms with E-state index in [1.165, 1.54) is 17.9 Å². The van der Waals surface area contributed by atoms with Crippen LogP contribution in [0, 0.1) is 0 Å². The number of hydrogen-bond acceptors (Lipinski definition) is 7. The molecule has 0 unspecified atom stereocenters. The van der Waals surface area contributed by atoms with Gasteiger partial charge >= 0.3 is 17.9 Å². The number of aliphatic carboxylic acids is 1. The van der Waals surface area contributed by atoms with Crippen LogP contribution in [0.1, 0.15) is 10.4 Å². The van der Waals surface area contributed by atoms with E-state index in [4.69, 9.17) is 18.1 Å². The van der Waals surface area contributed by atoms with Gasteiger partial charge in [-0.2, -0.15) is 0 Å². The number of thioether (sulfide) groups is 1. The van der Waals surface area contributed by atoms with E-state index in [0.29, 0.717) is 0 Å². The van der Waals surface area contributed by atoms with E-state index in [0.717, 1.165) is 11.8 Å². The van der Waals surface area contributed by atoms with Gasteiger partial charge < -0.3 is 15.6 Å². The number of esters is 1. The third-order valence-corrected chi connectivity index (χ3v) is 4.02. The molecule has 10 heteroatoms. The number of ether oxygens (including phenoxy) is 1. The molecule has 0 bridgehead atoms. The highest BCUT2D eigenvalue weighted by Gasteiger charge is 2.22. The summed E-state index contributed by atoms with van der Waals surface area (Å²) in [5.41, 5.74) is 2.36. The molecule has 0 saturated carbocycles. The Morgan fingerprint density at radius 3 is 3.00 bits per heavy atom. The van der Waals surface area contributed by atoms with E-state index in [9.17, 15) is 9.59 Å². The molecule has 2 rings (SSSR count).